The summed E-state index contributed by atoms with van der Waals surface area (Å²) in [4.78, 5) is 0. The Labute approximate surface area is 114 Å². The van der Waals surface area contributed by atoms with Crippen LogP contribution in [0.1, 0.15) is 79.6 Å². The highest BCUT2D eigenvalue weighted by atomic mass is 16.3. The fourth-order valence-electron chi connectivity index (χ4n) is 4.13. The molecule has 1 aliphatic rings. The van der Waals surface area contributed by atoms with Crippen LogP contribution in [0.3, 0.4) is 0 Å². The molecular weight excluding hydrogens is 220 g/mol. The van der Waals surface area contributed by atoms with Crippen LogP contribution < -0.4 is 0 Å². The van der Waals surface area contributed by atoms with Crippen molar-refractivity contribution in [1.29, 1.82) is 0 Å². The number of aliphatic hydroxyl groups is 1. The zero-order valence-corrected chi connectivity index (χ0v) is 13.2. The molecule has 1 fully saturated rings. The molecule has 1 aliphatic carbocycles. The Morgan fingerprint density at radius 3 is 2.39 bits per heavy atom. The van der Waals surface area contributed by atoms with Crippen LogP contribution in [0.4, 0.5) is 0 Å². The molecule has 0 aromatic rings. The van der Waals surface area contributed by atoms with E-state index >= 15 is 0 Å². The van der Waals surface area contributed by atoms with Gasteiger partial charge in [0.1, 0.15) is 0 Å². The first-order chi connectivity index (χ1) is 8.45. The van der Waals surface area contributed by atoms with Gasteiger partial charge in [0.25, 0.3) is 0 Å². The van der Waals surface area contributed by atoms with Gasteiger partial charge in [-0.15, -0.1) is 0 Å². The number of aliphatic hydroxyl groups excluding tert-OH is 1. The lowest BCUT2D eigenvalue weighted by molar-refractivity contribution is -0.00635. The van der Waals surface area contributed by atoms with Crippen LogP contribution in [-0.4, -0.2) is 11.2 Å². The Balaban J connectivity index is 2.63. The Morgan fingerprint density at radius 2 is 1.83 bits per heavy atom. The number of hydrogen-bond donors (Lipinski definition) is 1. The van der Waals surface area contributed by atoms with Crippen molar-refractivity contribution in [2.45, 2.75) is 85.7 Å². The molecule has 108 valence electrons. The third-order valence-electron chi connectivity index (χ3n) is 5.91. The lowest BCUT2D eigenvalue weighted by Gasteiger charge is -2.50. The van der Waals surface area contributed by atoms with E-state index in [0.717, 1.165) is 37.0 Å². The Hall–Kier alpha value is -0.0400. The zero-order valence-electron chi connectivity index (χ0n) is 13.2. The van der Waals surface area contributed by atoms with E-state index in [1.54, 1.807) is 0 Å². The predicted octanol–water partition coefficient (Wildman–Crippen LogP) is 5.03. The van der Waals surface area contributed by atoms with Crippen molar-refractivity contribution in [2.24, 2.45) is 23.2 Å². The van der Waals surface area contributed by atoms with Gasteiger partial charge in [-0.2, -0.15) is 0 Å². The van der Waals surface area contributed by atoms with Crippen molar-refractivity contribution in [2.75, 3.05) is 0 Å². The first-order valence-corrected chi connectivity index (χ1v) is 8.13. The van der Waals surface area contributed by atoms with E-state index in [0.29, 0.717) is 5.41 Å². The Morgan fingerprint density at radius 1 is 1.17 bits per heavy atom. The van der Waals surface area contributed by atoms with E-state index < -0.39 is 0 Å². The third-order valence-corrected chi connectivity index (χ3v) is 5.91. The molecule has 0 bridgehead atoms. The third kappa shape index (κ3) is 3.50. The van der Waals surface area contributed by atoms with E-state index in [9.17, 15) is 5.11 Å². The average Bonchev–Trinajstić information content (AvgIpc) is 2.34. The molecule has 1 rings (SSSR count). The summed E-state index contributed by atoms with van der Waals surface area (Å²) in [7, 11) is 0. The van der Waals surface area contributed by atoms with Crippen molar-refractivity contribution >= 4 is 0 Å². The van der Waals surface area contributed by atoms with Crippen LogP contribution in [0, 0.1) is 23.2 Å². The van der Waals surface area contributed by atoms with Crippen LogP contribution in [0.5, 0.6) is 0 Å². The largest absolute Gasteiger partial charge is 0.393 e. The molecule has 1 N–H and O–H groups in total. The molecule has 18 heavy (non-hydrogen) atoms. The van der Waals surface area contributed by atoms with Gasteiger partial charge in [-0.05, 0) is 48.9 Å². The van der Waals surface area contributed by atoms with Gasteiger partial charge in [-0.1, -0.05) is 53.9 Å². The first kappa shape index (κ1) is 16.0. The SMILES string of the molecule is CCCC(O)CCC1C(C)CCC(C)C1(C)CC. The Kier molecular flexibility index (Phi) is 6.17. The molecule has 0 heterocycles. The quantitative estimate of drug-likeness (QED) is 0.705. The fourth-order valence-corrected chi connectivity index (χ4v) is 4.13. The van der Waals surface area contributed by atoms with Crippen molar-refractivity contribution in [1.82, 2.24) is 0 Å². The van der Waals surface area contributed by atoms with Crippen molar-refractivity contribution in [3.05, 3.63) is 0 Å². The summed E-state index contributed by atoms with van der Waals surface area (Å²) in [6, 6.07) is 0. The van der Waals surface area contributed by atoms with Gasteiger partial charge in [0, 0.05) is 0 Å². The molecule has 5 atom stereocenters. The summed E-state index contributed by atoms with van der Waals surface area (Å²) in [5.41, 5.74) is 0.490. The highest BCUT2D eigenvalue weighted by molar-refractivity contribution is 4.92. The van der Waals surface area contributed by atoms with E-state index in [1.165, 1.54) is 25.7 Å². The second kappa shape index (κ2) is 6.93. The summed E-state index contributed by atoms with van der Waals surface area (Å²) in [6.45, 7) is 11.9. The summed E-state index contributed by atoms with van der Waals surface area (Å²) in [6.07, 6.45) is 8.28. The van der Waals surface area contributed by atoms with Crippen LogP contribution in [0.2, 0.25) is 0 Å². The van der Waals surface area contributed by atoms with E-state index in [1.807, 2.05) is 0 Å². The topological polar surface area (TPSA) is 20.2 Å². The summed E-state index contributed by atoms with van der Waals surface area (Å²) in [5, 5.41) is 9.97. The maximum atomic E-state index is 9.97. The standard InChI is InChI=1S/C17H34O/c1-6-8-15(18)11-12-16-13(3)9-10-14(4)17(16,5)7-2/h13-16,18H,6-12H2,1-5H3. The lowest BCUT2D eigenvalue weighted by Crippen LogP contribution is -2.41. The second-order valence-electron chi connectivity index (χ2n) is 6.94. The van der Waals surface area contributed by atoms with E-state index in [2.05, 4.69) is 34.6 Å². The van der Waals surface area contributed by atoms with Crippen LogP contribution >= 0.6 is 0 Å². The van der Waals surface area contributed by atoms with Crippen molar-refractivity contribution < 1.29 is 5.11 Å². The monoisotopic (exact) mass is 254 g/mol. The molecule has 0 aromatic heterocycles. The molecule has 1 nitrogen and oxygen atoms in total. The minimum absolute atomic E-state index is 0.0689. The first-order valence-electron chi connectivity index (χ1n) is 8.13. The summed E-state index contributed by atoms with van der Waals surface area (Å²) >= 11 is 0. The molecule has 5 unspecified atom stereocenters. The maximum Gasteiger partial charge on any atom is 0.0540 e. The molecule has 0 amide bonds. The minimum Gasteiger partial charge on any atom is -0.393 e. The summed E-state index contributed by atoms with van der Waals surface area (Å²) in [5.74, 6) is 2.48. The minimum atomic E-state index is -0.0689. The van der Waals surface area contributed by atoms with Gasteiger partial charge in [0.05, 0.1) is 6.10 Å². The van der Waals surface area contributed by atoms with Gasteiger partial charge in [0.2, 0.25) is 0 Å². The van der Waals surface area contributed by atoms with Crippen LogP contribution in [0.15, 0.2) is 0 Å². The van der Waals surface area contributed by atoms with E-state index in [4.69, 9.17) is 0 Å². The smallest absolute Gasteiger partial charge is 0.0540 e. The van der Waals surface area contributed by atoms with Crippen molar-refractivity contribution in [3.8, 4) is 0 Å². The Bertz CT molecular complexity index is 238. The molecule has 0 saturated heterocycles. The number of rotatable bonds is 6. The van der Waals surface area contributed by atoms with Crippen LogP contribution in [-0.2, 0) is 0 Å². The summed E-state index contributed by atoms with van der Waals surface area (Å²) < 4.78 is 0. The molecule has 1 heteroatoms. The van der Waals surface area contributed by atoms with Gasteiger partial charge >= 0.3 is 0 Å². The highest BCUT2D eigenvalue weighted by Crippen LogP contribution is 2.51. The van der Waals surface area contributed by atoms with Crippen molar-refractivity contribution in [3.63, 3.8) is 0 Å². The van der Waals surface area contributed by atoms with Gasteiger partial charge < -0.3 is 5.11 Å². The molecule has 0 aromatic carbocycles. The average molecular weight is 254 g/mol. The van der Waals surface area contributed by atoms with Gasteiger partial charge in [-0.3, -0.25) is 0 Å². The normalized spacial score (nSPS) is 38.7. The molecule has 0 spiro atoms. The fraction of sp³-hybridized carbons (Fsp3) is 1.00. The molecule has 0 radical (unpaired) electrons. The predicted molar refractivity (Wildman–Crippen MR) is 79.6 cm³/mol. The lowest BCUT2D eigenvalue weighted by atomic mass is 9.56. The number of hydrogen-bond acceptors (Lipinski definition) is 1. The van der Waals surface area contributed by atoms with Gasteiger partial charge in [-0.25, -0.2) is 0 Å². The van der Waals surface area contributed by atoms with E-state index in [-0.39, 0.29) is 6.10 Å². The van der Waals surface area contributed by atoms with Gasteiger partial charge in [0.15, 0.2) is 0 Å². The van der Waals surface area contributed by atoms with Crippen LogP contribution in [0.25, 0.3) is 0 Å². The molecule has 1 saturated carbocycles. The second-order valence-corrected chi connectivity index (χ2v) is 6.94. The molecular formula is C17H34O. The highest BCUT2D eigenvalue weighted by Gasteiger charge is 2.43. The molecule has 0 aliphatic heterocycles. The maximum absolute atomic E-state index is 9.97. The zero-order chi connectivity index (χ0) is 13.8.